The van der Waals surface area contributed by atoms with Crippen molar-refractivity contribution in [1.82, 2.24) is 25.0 Å². The Morgan fingerprint density at radius 2 is 2.17 bits per heavy atom. The van der Waals surface area contributed by atoms with E-state index in [-0.39, 0.29) is 28.5 Å². The third-order valence-corrected chi connectivity index (χ3v) is 5.96. The maximum atomic E-state index is 14.4. The van der Waals surface area contributed by atoms with Crippen LogP contribution in [0.2, 0.25) is 0 Å². The molecule has 2 fully saturated rings. The molecule has 5 rings (SSSR count). The van der Waals surface area contributed by atoms with E-state index in [1.165, 1.54) is 0 Å². The second-order valence-electron chi connectivity index (χ2n) is 7.47. The van der Waals surface area contributed by atoms with Gasteiger partial charge in [0.15, 0.2) is 33.8 Å². The van der Waals surface area contributed by atoms with Crippen molar-refractivity contribution in [3.05, 3.63) is 35.3 Å². The Kier molecular flexibility index (Phi) is 4.06. The van der Waals surface area contributed by atoms with Crippen LogP contribution in [0.4, 0.5) is 14.6 Å². The van der Waals surface area contributed by atoms with Gasteiger partial charge in [0.2, 0.25) is 0 Å². The Bertz CT molecular complexity index is 1810. The molecule has 2 aromatic heterocycles. The summed E-state index contributed by atoms with van der Waals surface area (Å²) in [5, 5.41) is 41.5. The van der Waals surface area contributed by atoms with Crippen LogP contribution >= 0.6 is 11.8 Å². The van der Waals surface area contributed by atoms with Crippen molar-refractivity contribution < 1.29 is 46.7 Å². The van der Waals surface area contributed by atoms with Crippen molar-refractivity contribution in [2.75, 3.05) is 24.2 Å². The number of halogens is 2. The summed E-state index contributed by atoms with van der Waals surface area (Å²) < 4.78 is 140. The lowest BCUT2D eigenvalue weighted by Gasteiger charge is -2.17. The van der Waals surface area contributed by atoms with Crippen LogP contribution in [-0.2, 0) is 4.74 Å². The van der Waals surface area contributed by atoms with Gasteiger partial charge in [0.1, 0.15) is 12.2 Å². The molecule has 0 spiro atoms. The average Bonchev–Trinajstić information content (AvgIpc) is 3.42. The monoisotopic (exact) mass is 535 g/mol. The molecule has 0 amide bonds. The number of aliphatic hydroxyl groups is 3. The third kappa shape index (κ3) is 4.90. The average molecular weight is 536 g/mol. The number of thioether (sulfide) groups is 1. The molecule has 4 N–H and O–H groups in total. The van der Waals surface area contributed by atoms with Gasteiger partial charge in [-0.05, 0) is 30.5 Å². The maximum absolute atomic E-state index is 14.4. The van der Waals surface area contributed by atoms with Crippen LogP contribution in [0.3, 0.4) is 0 Å². The van der Waals surface area contributed by atoms with E-state index in [2.05, 4.69) is 25.6 Å². The second kappa shape index (κ2) is 10.5. The van der Waals surface area contributed by atoms with E-state index < -0.39 is 108 Å². The summed E-state index contributed by atoms with van der Waals surface area (Å²) in [6.45, 7) is -3.15. The molecule has 2 aliphatic rings. The summed E-state index contributed by atoms with van der Waals surface area (Å²) in [6.07, 6.45) is -15.9. The minimum Gasteiger partial charge on any atom is -0.394 e. The largest absolute Gasteiger partial charge is 0.394 e. The molecular formula is C23H28F2N6O4S. The number of rotatable bonds is 10. The number of hydrogen-bond donors (Lipinski definition) is 4. The van der Waals surface area contributed by atoms with Gasteiger partial charge in [-0.25, -0.2) is 23.4 Å². The predicted octanol–water partition coefficient (Wildman–Crippen LogP) is 2.01. The van der Waals surface area contributed by atoms with Crippen molar-refractivity contribution >= 4 is 28.7 Å². The van der Waals surface area contributed by atoms with Gasteiger partial charge in [-0.1, -0.05) is 29.9 Å². The lowest BCUT2D eigenvalue weighted by Crippen LogP contribution is -2.33. The molecule has 2 aliphatic carbocycles. The summed E-state index contributed by atoms with van der Waals surface area (Å²) in [7, 11) is 0. The highest BCUT2D eigenvalue weighted by molar-refractivity contribution is 7.99. The van der Waals surface area contributed by atoms with Gasteiger partial charge < -0.3 is 25.4 Å². The summed E-state index contributed by atoms with van der Waals surface area (Å²) in [4.78, 5) is 8.40. The van der Waals surface area contributed by atoms with Crippen molar-refractivity contribution in [3.63, 3.8) is 0 Å². The Hall–Kier alpha value is -2.45. The minimum atomic E-state index is -4.09. The molecule has 2 saturated carbocycles. The van der Waals surface area contributed by atoms with Crippen LogP contribution < -0.4 is 5.32 Å². The number of nitrogens with zero attached hydrogens (tertiary/aromatic N) is 5. The summed E-state index contributed by atoms with van der Waals surface area (Å²) in [5.74, 6) is -5.78. The van der Waals surface area contributed by atoms with Crippen LogP contribution in [0.5, 0.6) is 0 Å². The Morgan fingerprint density at radius 1 is 1.33 bits per heavy atom. The van der Waals surface area contributed by atoms with Crippen molar-refractivity contribution in [3.8, 4) is 0 Å². The van der Waals surface area contributed by atoms with Crippen molar-refractivity contribution in [2.24, 2.45) is 0 Å². The number of ether oxygens (including phenoxy) is 1. The Balaban J connectivity index is 1.66. The highest BCUT2D eigenvalue weighted by Gasteiger charge is 2.45. The van der Waals surface area contributed by atoms with Gasteiger partial charge in [0.05, 0.1) is 37.6 Å². The van der Waals surface area contributed by atoms with Crippen LogP contribution in [0.15, 0.2) is 23.3 Å². The van der Waals surface area contributed by atoms with E-state index in [4.69, 9.17) is 22.6 Å². The molecule has 0 saturated heterocycles. The molecule has 0 bridgehead atoms. The SMILES string of the molecule is [2H]c1c([2H])c(C2([2H])C[C@@H]2Nc2nc(SC([2H])CC)nc3c2nnn3[C@]2([2H])C([2H])([2H])[C@]([2H])(OCC([2H])([2H])O)[C@@]([2H])(O)[C@@]2([2H])O)c([2H])c(F)c1F. The van der Waals surface area contributed by atoms with E-state index >= 15 is 0 Å². The molecule has 13 heteroatoms. The summed E-state index contributed by atoms with van der Waals surface area (Å²) >= 11 is 0.721. The fourth-order valence-corrected chi connectivity index (χ4v) is 3.93. The minimum absolute atomic E-state index is 0.163. The van der Waals surface area contributed by atoms with E-state index in [0.717, 1.165) is 11.8 Å². The molecule has 2 heterocycles. The number of anilines is 1. The number of benzene rings is 1. The fourth-order valence-electron chi connectivity index (χ4n) is 3.33. The smallest absolute Gasteiger partial charge is 0.191 e. The highest BCUT2D eigenvalue weighted by Crippen LogP contribution is 2.44. The quantitative estimate of drug-likeness (QED) is 0.225. The normalized spacial score (nSPS) is 45.7. The van der Waals surface area contributed by atoms with Gasteiger partial charge in [0.25, 0.3) is 0 Å². The number of nitrogens with one attached hydrogen (secondary N) is 1. The van der Waals surface area contributed by atoms with Gasteiger partial charge in [-0.2, -0.15) is 0 Å². The first-order valence-corrected chi connectivity index (χ1v) is 11.4. The first-order valence-electron chi connectivity index (χ1n) is 17.1. The molecule has 194 valence electrons. The fraction of sp³-hybridized carbons (Fsp3) is 0.565. The second-order valence-corrected chi connectivity index (χ2v) is 8.41. The first kappa shape index (κ1) is 13.9. The van der Waals surface area contributed by atoms with Gasteiger partial charge >= 0.3 is 0 Å². The molecule has 36 heavy (non-hydrogen) atoms. The zero-order valence-electron chi connectivity index (χ0n) is 31.4. The van der Waals surface area contributed by atoms with Crippen LogP contribution in [0.1, 0.15) is 61.4 Å². The van der Waals surface area contributed by atoms with Gasteiger partial charge in [0, 0.05) is 29.5 Å². The van der Waals surface area contributed by atoms with Crippen LogP contribution in [-0.4, -0.2) is 83.5 Å². The lowest BCUT2D eigenvalue weighted by atomic mass is 10.1. The van der Waals surface area contributed by atoms with E-state index in [1.54, 1.807) is 6.92 Å². The molecule has 7 atom stereocenters. The molecule has 10 nitrogen and oxygen atoms in total. The summed E-state index contributed by atoms with van der Waals surface area (Å²) in [6, 6.07) is -8.06. The zero-order valence-corrected chi connectivity index (χ0v) is 19.2. The molecule has 3 aromatic rings. The van der Waals surface area contributed by atoms with Crippen LogP contribution in [0.25, 0.3) is 11.2 Å². The van der Waals surface area contributed by atoms with Crippen molar-refractivity contribution in [1.29, 1.82) is 0 Å². The topological polar surface area (TPSA) is 138 Å². The standard InChI is InChI=1S/C23H28F2N6O4S/c1-2-7-36-23-27-21(26-15-9-12(15)11-3-4-13(24)14(25)8-11)18-22(28-23)31(30-29-18)16-10-17(35-6-5-32)20(34)19(16)33/h3-4,8,12,15-17,19-20,32-34H,2,5-7,9-10H2,1H3,(H,26,27,28)/t12?,15-,16+,17-,19-,20+/m0/s1/i3D,4D,5D2,7D,8D,10D2,12D,16D,17D,19D,20D/t7?,12?,15-,16+,17-,19-,20+. The zero-order chi connectivity index (χ0) is 37.1. The van der Waals surface area contributed by atoms with Gasteiger partial charge in [-0.3, -0.25) is 0 Å². The molecular weight excluding hydrogens is 494 g/mol. The molecule has 1 aromatic carbocycles. The van der Waals surface area contributed by atoms with E-state index in [0.29, 0.717) is 0 Å². The highest BCUT2D eigenvalue weighted by atomic mass is 32.2. The number of hydrogen-bond acceptors (Lipinski definition) is 10. The van der Waals surface area contributed by atoms with E-state index in [1.807, 2.05) is 0 Å². The van der Waals surface area contributed by atoms with Crippen molar-refractivity contribution in [2.45, 2.75) is 67.5 Å². The third-order valence-electron chi connectivity index (χ3n) is 5.07. The Morgan fingerprint density at radius 3 is 2.94 bits per heavy atom. The predicted molar refractivity (Wildman–Crippen MR) is 128 cm³/mol. The summed E-state index contributed by atoms with van der Waals surface area (Å²) in [5.41, 5.74) is -2.66. The first-order chi connectivity index (χ1) is 22.2. The molecule has 0 radical (unpaired) electrons. The maximum Gasteiger partial charge on any atom is 0.191 e. The molecule has 0 aliphatic heterocycles. The number of aromatic nitrogens is 5. The van der Waals surface area contributed by atoms with Gasteiger partial charge in [-0.15, -0.1) is 5.10 Å². The molecule has 2 unspecified atom stereocenters. The van der Waals surface area contributed by atoms with Crippen LogP contribution in [0, 0.1) is 11.6 Å². The van der Waals surface area contributed by atoms with E-state index in [9.17, 15) is 24.1 Å². The number of fused-ring (bicyclic) bond motifs is 1. The lowest BCUT2D eigenvalue weighted by molar-refractivity contribution is -0.0629. The Labute approximate surface area is 228 Å².